The van der Waals surface area contributed by atoms with E-state index >= 15 is 0 Å². The van der Waals surface area contributed by atoms with E-state index in [-0.39, 0.29) is 17.7 Å². The van der Waals surface area contributed by atoms with E-state index in [0.717, 1.165) is 23.4 Å². The number of anilines is 2. The lowest BCUT2D eigenvalue weighted by Gasteiger charge is -2.19. The summed E-state index contributed by atoms with van der Waals surface area (Å²) in [5.41, 5.74) is 4.77. The van der Waals surface area contributed by atoms with Crippen LogP contribution in [0.5, 0.6) is 0 Å². The fourth-order valence-corrected chi connectivity index (χ4v) is 4.63. The number of rotatable bonds is 8. The van der Waals surface area contributed by atoms with Gasteiger partial charge in [-0.25, -0.2) is 0 Å². The van der Waals surface area contributed by atoms with Crippen molar-refractivity contribution in [3.63, 3.8) is 0 Å². The van der Waals surface area contributed by atoms with E-state index < -0.39 is 6.04 Å². The van der Waals surface area contributed by atoms with Crippen molar-refractivity contribution >= 4 is 40.9 Å². The van der Waals surface area contributed by atoms with Gasteiger partial charge in [0, 0.05) is 29.0 Å². The molecular weight excluding hydrogens is 458 g/mol. The number of nitrogens with zero attached hydrogens (tertiary/aromatic N) is 1. The minimum Gasteiger partial charge on any atom is -0.340 e. The number of amides is 3. The summed E-state index contributed by atoms with van der Waals surface area (Å²) >= 11 is 1.62. The van der Waals surface area contributed by atoms with Gasteiger partial charge in [0.1, 0.15) is 6.04 Å². The number of carbonyl (C=O) groups is 3. The quantitative estimate of drug-likeness (QED) is 0.483. The van der Waals surface area contributed by atoms with E-state index in [0.29, 0.717) is 29.8 Å². The number of para-hydroxylation sites is 1. The third kappa shape index (κ3) is 5.92. The highest BCUT2D eigenvalue weighted by atomic mass is 32.2. The van der Waals surface area contributed by atoms with Gasteiger partial charge in [0.05, 0.1) is 0 Å². The van der Waals surface area contributed by atoms with Crippen LogP contribution in [0.2, 0.25) is 0 Å². The summed E-state index contributed by atoms with van der Waals surface area (Å²) in [6, 6.07) is 21.4. The highest BCUT2D eigenvalue weighted by Crippen LogP contribution is 2.29. The summed E-state index contributed by atoms with van der Waals surface area (Å²) in [7, 11) is 0. The number of hydrogen-bond donors (Lipinski definition) is 2. The molecule has 3 aromatic rings. The Bertz CT molecular complexity index is 1230. The second-order valence-electron chi connectivity index (χ2n) is 8.58. The van der Waals surface area contributed by atoms with Gasteiger partial charge in [-0.3, -0.25) is 14.4 Å². The second kappa shape index (κ2) is 11.2. The van der Waals surface area contributed by atoms with Crippen LogP contribution in [-0.4, -0.2) is 42.3 Å². The highest BCUT2D eigenvalue weighted by Gasteiger charge is 2.25. The lowest BCUT2D eigenvalue weighted by atomic mass is 10.1. The summed E-state index contributed by atoms with van der Waals surface area (Å²) in [5.74, 6) is 0.113. The van der Waals surface area contributed by atoms with E-state index in [1.807, 2.05) is 49.6 Å². The molecule has 1 aliphatic heterocycles. The van der Waals surface area contributed by atoms with E-state index in [4.69, 9.17) is 0 Å². The van der Waals surface area contributed by atoms with Crippen LogP contribution in [0.4, 0.5) is 11.4 Å². The predicted molar refractivity (Wildman–Crippen MR) is 142 cm³/mol. The Morgan fingerprint density at radius 1 is 0.971 bits per heavy atom. The van der Waals surface area contributed by atoms with Crippen LogP contribution in [-0.2, 0) is 11.2 Å². The number of hydrogen-bond acceptors (Lipinski definition) is 4. The van der Waals surface area contributed by atoms with E-state index in [1.54, 1.807) is 53.1 Å². The Labute approximate surface area is 210 Å². The van der Waals surface area contributed by atoms with Gasteiger partial charge >= 0.3 is 0 Å². The molecule has 180 valence electrons. The lowest BCUT2D eigenvalue weighted by Crippen LogP contribution is -2.44. The second-order valence-corrected chi connectivity index (χ2v) is 9.56. The summed E-state index contributed by atoms with van der Waals surface area (Å²) in [6.45, 7) is 2.58. The molecule has 3 aromatic carbocycles. The molecule has 2 N–H and O–H groups in total. The maximum atomic E-state index is 13.0. The maximum Gasteiger partial charge on any atom is 0.258 e. The Kier molecular flexibility index (Phi) is 7.87. The number of benzene rings is 3. The maximum absolute atomic E-state index is 13.0. The third-order valence-corrected chi connectivity index (χ3v) is 6.69. The zero-order valence-electron chi connectivity index (χ0n) is 19.9. The smallest absolute Gasteiger partial charge is 0.258 e. The summed E-state index contributed by atoms with van der Waals surface area (Å²) < 4.78 is 0. The molecule has 0 spiro atoms. The minimum absolute atomic E-state index is 0.0592. The van der Waals surface area contributed by atoms with Gasteiger partial charge in [0.2, 0.25) is 5.91 Å². The molecule has 1 atom stereocenters. The standard InChI is InChI=1S/C28H29N3O3S/c1-19-6-5-8-22(18-19)26(32)30-24(15-17-35-2)27(33)29-23-12-10-21(11-13-23)28(34)31-16-14-20-7-3-4-9-25(20)31/h3-13,18,24H,14-17H2,1-2H3,(H,29,33)(H,30,32). The Balaban J connectivity index is 1.41. The van der Waals surface area contributed by atoms with Gasteiger partial charge in [0.25, 0.3) is 11.8 Å². The van der Waals surface area contributed by atoms with Crippen molar-refractivity contribution in [2.24, 2.45) is 0 Å². The number of thioether (sulfide) groups is 1. The van der Waals surface area contributed by atoms with Crippen LogP contribution in [0.15, 0.2) is 72.8 Å². The number of carbonyl (C=O) groups excluding carboxylic acids is 3. The number of aryl methyl sites for hydroxylation is 1. The van der Waals surface area contributed by atoms with Crippen molar-refractivity contribution in [3.8, 4) is 0 Å². The van der Waals surface area contributed by atoms with E-state index in [1.165, 1.54) is 5.56 Å². The predicted octanol–water partition coefficient (Wildman–Crippen LogP) is 4.69. The third-order valence-electron chi connectivity index (χ3n) is 6.04. The molecule has 0 aromatic heterocycles. The van der Waals surface area contributed by atoms with Crippen molar-refractivity contribution < 1.29 is 14.4 Å². The molecule has 35 heavy (non-hydrogen) atoms. The molecule has 0 radical (unpaired) electrons. The van der Waals surface area contributed by atoms with Crippen LogP contribution in [0.25, 0.3) is 0 Å². The molecule has 0 saturated heterocycles. The highest BCUT2D eigenvalue weighted by molar-refractivity contribution is 7.98. The van der Waals surface area contributed by atoms with Crippen LogP contribution in [0.1, 0.15) is 38.3 Å². The molecule has 0 aliphatic carbocycles. The van der Waals surface area contributed by atoms with E-state index in [2.05, 4.69) is 10.6 Å². The monoisotopic (exact) mass is 487 g/mol. The van der Waals surface area contributed by atoms with Gasteiger partial charge in [0.15, 0.2) is 0 Å². The normalized spacial score (nSPS) is 13.1. The average molecular weight is 488 g/mol. The first-order chi connectivity index (χ1) is 17.0. The molecule has 4 rings (SSSR count). The van der Waals surface area contributed by atoms with Crippen LogP contribution in [0.3, 0.4) is 0 Å². The first-order valence-electron chi connectivity index (χ1n) is 11.6. The summed E-state index contributed by atoms with van der Waals surface area (Å²) in [6.07, 6.45) is 3.32. The Hall–Kier alpha value is -3.58. The van der Waals surface area contributed by atoms with Crippen molar-refractivity contribution in [2.75, 3.05) is 28.8 Å². The SMILES string of the molecule is CSCCC(NC(=O)c1cccc(C)c1)C(=O)Nc1ccc(C(=O)N2CCc3ccccc32)cc1. The van der Waals surface area contributed by atoms with Gasteiger partial charge in [-0.05, 0) is 79.8 Å². The first-order valence-corrected chi connectivity index (χ1v) is 13.0. The zero-order valence-corrected chi connectivity index (χ0v) is 20.7. The van der Waals surface area contributed by atoms with Crippen LogP contribution >= 0.6 is 11.8 Å². The summed E-state index contributed by atoms with van der Waals surface area (Å²) in [5, 5.41) is 5.75. The fraction of sp³-hybridized carbons (Fsp3) is 0.250. The number of fused-ring (bicyclic) bond motifs is 1. The van der Waals surface area contributed by atoms with Gasteiger partial charge in [-0.1, -0.05) is 35.9 Å². The first kappa shape index (κ1) is 24.5. The lowest BCUT2D eigenvalue weighted by molar-refractivity contribution is -0.118. The molecule has 0 bridgehead atoms. The molecule has 0 saturated carbocycles. The summed E-state index contributed by atoms with van der Waals surface area (Å²) in [4.78, 5) is 40.6. The zero-order chi connectivity index (χ0) is 24.8. The van der Waals surface area contributed by atoms with Gasteiger partial charge in [-0.2, -0.15) is 11.8 Å². The molecular formula is C28H29N3O3S. The van der Waals surface area contributed by atoms with E-state index in [9.17, 15) is 14.4 Å². The molecule has 1 unspecified atom stereocenters. The van der Waals surface area contributed by atoms with Gasteiger partial charge < -0.3 is 15.5 Å². The van der Waals surface area contributed by atoms with Crippen molar-refractivity contribution in [1.82, 2.24) is 5.32 Å². The van der Waals surface area contributed by atoms with Crippen LogP contribution < -0.4 is 15.5 Å². The topological polar surface area (TPSA) is 78.5 Å². The molecule has 3 amide bonds. The van der Waals surface area contributed by atoms with Crippen molar-refractivity contribution in [1.29, 1.82) is 0 Å². The number of nitrogens with one attached hydrogen (secondary N) is 2. The van der Waals surface area contributed by atoms with Gasteiger partial charge in [-0.15, -0.1) is 0 Å². The molecule has 1 aliphatic rings. The van der Waals surface area contributed by atoms with Crippen LogP contribution in [0, 0.1) is 6.92 Å². The fourth-order valence-electron chi connectivity index (χ4n) is 4.16. The molecule has 7 heteroatoms. The molecule has 0 fully saturated rings. The van der Waals surface area contributed by atoms with Crippen molar-refractivity contribution in [3.05, 3.63) is 95.1 Å². The average Bonchev–Trinajstić information content (AvgIpc) is 3.30. The Morgan fingerprint density at radius 3 is 2.49 bits per heavy atom. The van der Waals surface area contributed by atoms with Crippen molar-refractivity contribution in [2.45, 2.75) is 25.8 Å². The minimum atomic E-state index is -0.669. The largest absolute Gasteiger partial charge is 0.340 e. The molecule has 6 nitrogen and oxygen atoms in total. The Morgan fingerprint density at radius 2 is 1.74 bits per heavy atom. The molecule has 1 heterocycles.